The highest BCUT2D eigenvalue weighted by Crippen LogP contribution is 2.32. The maximum Gasteiger partial charge on any atom is 0.198 e. The molecule has 80 valence electrons. The van der Waals surface area contributed by atoms with Gasteiger partial charge in [-0.05, 0) is 41.6 Å². The van der Waals surface area contributed by atoms with Crippen LogP contribution in [0.5, 0.6) is 0 Å². The van der Waals surface area contributed by atoms with E-state index >= 15 is 0 Å². The number of hydrazine groups is 1. The molecule has 0 amide bonds. The second-order valence-corrected chi connectivity index (χ2v) is 4.64. The third kappa shape index (κ3) is 1.94. The zero-order chi connectivity index (χ0) is 10.8. The molecule has 2 aromatic rings. The molecular formula is C10H11ClN2OS. The number of rotatable bonds is 3. The normalized spacial score (nSPS) is 13.0. The minimum absolute atomic E-state index is 0.109. The van der Waals surface area contributed by atoms with Gasteiger partial charge in [-0.15, -0.1) is 11.3 Å². The Morgan fingerprint density at radius 2 is 2.27 bits per heavy atom. The molecule has 15 heavy (non-hydrogen) atoms. The van der Waals surface area contributed by atoms with E-state index in [1.54, 1.807) is 17.6 Å². The van der Waals surface area contributed by atoms with E-state index in [0.717, 1.165) is 11.1 Å². The van der Waals surface area contributed by atoms with Gasteiger partial charge in [-0.2, -0.15) is 0 Å². The fourth-order valence-corrected chi connectivity index (χ4v) is 2.52. The fourth-order valence-electron chi connectivity index (χ4n) is 1.55. The van der Waals surface area contributed by atoms with Crippen LogP contribution in [-0.4, -0.2) is 0 Å². The molecule has 3 N–H and O–H groups in total. The van der Waals surface area contributed by atoms with Crippen LogP contribution in [0.4, 0.5) is 0 Å². The van der Waals surface area contributed by atoms with Crippen LogP contribution in [0.3, 0.4) is 0 Å². The number of hydrogen-bond donors (Lipinski definition) is 2. The van der Waals surface area contributed by atoms with E-state index in [1.807, 2.05) is 17.5 Å². The van der Waals surface area contributed by atoms with Gasteiger partial charge in [0, 0.05) is 10.4 Å². The number of nitrogens with one attached hydrogen (secondary N) is 1. The summed E-state index contributed by atoms with van der Waals surface area (Å²) in [4.78, 5) is 1.22. The highest BCUT2D eigenvalue weighted by molar-refractivity contribution is 7.10. The zero-order valence-corrected chi connectivity index (χ0v) is 9.73. The van der Waals surface area contributed by atoms with Gasteiger partial charge in [0.25, 0.3) is 0 Å². The lowest BCUT2D eigenvalue weighted by Crippen LogP contribution is -2.28. The third-order valence-corrected chi connectivity index (χ3v) is 3.50. The second-order valence-electron chi connectivity index (χ2n) is 3.18. The first-order valence-corrected chi connectivity index (χ1v) is 5.72. The fraction of sp³-hybridized carbons (Fsp3) is 0.200. The average molecular weight is 243 g/mol. The number of hydrogen-bond acceptors (Lipinski definition) is 4. The minimum Gasteiger partial charge on any atom is -0.453 e. The summed E-state index contributed by atoms with van der Waals surface area (Å²) in [5, 5.41) is 2.41. The number of nitrogens with two attached hydrogens (primary N) is 1. The summed E-state index contributed by atoms with van der Waals surface area (Å²) >= 11 is 7.61. The van der Waals surface area contributed by atoms with Crippen molar-refractivity contribution in [2.24, 2.45) is 5.84 Å². The first-order chi connectivity index (χ1) is 7.24. The predicted octanol–water partition coefficient (Wildman–Crippen LogP) is 2.86. The number of aryl methyl sites for hydroxylation is 1. The van der Waals surface area contributed by atoms with Crippen LogP contribution in [0, 0.1) is 6.92 Å². The van der Waals surface area contributed by atoms with Crippen LogP contribution in [0.1, 0.15) is 22.0 Å². The molecule has 2 heterocycles. The van der Waals surface area contributed by atoms with Crippen molar-refractivity contribution in [1.82, 2.24) is 5.43 Å². The third-order valence-electron chi connectivity index (χ3n) is 2.33. The number of thiophene rings is 1. The molecule has 1 atom stereocenters. The van der Waals surface area contributed by atoms with E-state index in [-0.39, 0.29) is 6.04 Å². The quantitative estimate of drug-likeness (QED) is 0.643. The second kappa shape index (κ2) is 4.37. The Morgan fingerprint density at radius 3 is 2.73 bits per heavy atom. The lowest BCUT2D eigenvalue weighted by Gasteiger charge is -2.14. The van der Waals surface area contributed by atoms with Gasteiger partial charge in [-0.3, -0.25) is 5.84 Å². The molecule has 5 heteroatoms. The van der Waals surface area contributed by atoms with Gasteiger partial charge in [0.1, 0.15) is 0 Å². The minimum atomic E-state index is -0.109. The summed E-state index contributed by atoms with van der Waals surface area (Å²) in [5.41, 5.74) is 4.74. The van der Waals surface area contributed by atoms with Gasteiger partial charge in [-0.1, -0.05) is 0 Å². The molecule has 0 fully saturated rings. The molecule has 0 aliphatic rings. The van der Waals surface area contributed by atoms with Crippen LogP contribution < -0.4 is 11.3 Å². The maximum absolute atomic E-state index is 5.92. The Morgan fingerprint density at radius 1 is 1.47 bits per heavy atom. The first kappa shape index (κ1) is 10.7. The van der Waals surface area contributed by atoms with E-state index in [4.69, 9.17) is 21.9 Å². The Balaban J connectivity index is 2.41. The lowest BCUT2D eigenvalue weighted by molar-refractivity contribution is 0.555. The summed E-state index contributed by atoms with van der Waals surface area (Å²) in [6.07, 6.45) is 1.56. The average Bonchev–Trinajstić information content (AvgIpc) is 2.80. The van der Waals surface area contributed by atoms with Crippen LogP contribution in [0.25, 0.3) is 0 Å². The topological polar surface area (TPSA) is 51.2 Å². The van der Waals surface area contributed by atoms with Gasteiger partial charge in [0.05, 0.1) is 12.3 Å². The molecule has 0 bridgehead atoms. The van der Waals surface area contributed by atoms with Crippen molar-refractivity contribution in [2.45, 2.75) is 13.0 Å². The van der Waals surface area contributed by atoms with Gasteiger partial charge in [0.15, 0.2) is 5.22 Å². The molecule has 0 saturated heterocycles. The van der Waals surface area contributed by atoms with Crippen molar-refractivity contribution in [3.63, 3.8) is 0 Å². The number of furan rings is 1. The van der Waals surface area contributed by atoms with Crippen LogP contribution in [0.15, 0.2) is 28.2 Å². The summed E-state index contributed by atoms with van der Waals surface area (Å²) in [6.45, 7) is 2.05. The highest BCUT2D eigenvalue weighted by Gasteiger charge is 2.19. The zero-order valence-electron chi connectivity index (χ0n) is 8.16. The van der Waals surface area contributed by atoms with Crippen molar-refractivity contribution < 1.29 is 4.42 Å². The van der Waals surface area contributed by atoms with Crippen molar-refractivity contribution in [3.05, 3.63) is 45.0 Å². The molecule has 3 nitrogen and oxygen atoms in total. The van der Waals surface area contributed by atoms with Crippen LogP contribution >= 0.6 is 22.9 Å². The van der Waals surface area contributed by atoms with E-state index in [9.17, 15) is 0 Å². The highest BCUT2D eigenvalue weighted by atomic mass is 35.5. The molecule has 0 saturated carbocycles. The number of halogens is 1. The van der Waals surface area contributed by atoms with Crippen molar-refractivity contribution in [3.8, 4) is 0 Å². The summed E-state index contributed by atoms with van der Waals surface area (Å²) < 4.78 is 5.06. The van der Waals surface area contributed by atoms with Gasteiger partial charge in [0.2, 0.25) is 0 Å². The smallest absolute Gasteiger partial charge is 0.198 e. The Bertz CT molecular complexity index is 411. The Kier molecular flexibility index (Phi) is 3.11. The SMILES string of the molecule is Cc1sccc1C(NN)c1ccoc1Cl. The van der Waals surface area contributed by atoms with Gasteiger partial charge in [-0.25, -0.2) is 5.43 Å². The van der Waals surface area contributed by atoms with E-state index in [0.29, 0.717) is 5.22 Å². The molecule has 2 aromatic heterocycles. The summed E-state index contributed by atoms with van der Waals surface area (Å²) in [5.74, 6) is 5.55. The predicted molar refractivity (Wildman–Crippen MR) is 61.9 cm³/mol. The summed E-state index contributed by atoms with van der Waals surface area (Å²) in [6, 6.07) is 3.75. The molecule has 0 aliphatic heterocycles. The molecule has 1 unspecified atom stereocenters. The Labute approximate surface area is 96.8 Å². The molecule has 2 rings (SSSR count). The van der Waals surface area contributed by atoms with Gasteiger partial charge < -0.3 is 4.42 Å². The molecule has 0 radical (unpaired) electrons. The van der Waals surface area contributed by atoms with Crippen molar-refractivity contribution >= 4 is 22.9 Å². The molecule has 0 aliphatic carbocycles. The van der Waals surface area contributed by atoms with Crippen molar-refractivity contribution in [2.75, 3.05) is 0 Å². The maximum atomic E-state index is 5.92. The van der Waals surface area contributed by atoms with Crippen molar-refractivity contribution in [1.29, 1.82) is 0 Å². The first-order valence-electron chi connectivity index (χ1n) is 4.47. The van der Waals surface area contributed by atoms with E-state index < -0.39 is 0 Å². The largest absolute Gasteiger partial charge is 0.453 e. The van der Waals surface area contributed by atoms with Crippen LogP contribution in [0.2, 0.25) is 5.22 Å². The van der Waals surface area contributed by atoms with E-state index in [1.165, 1.54) is 4.88 Å². The van der Waals surface area contributed by atoms with E-state index in [2.05, 4.69) is 12.3 Å². The monoisotopic (exact) mass is 242 g/mol. The van der Waals surface area contributed by atoms with Gasteiger partial charge >= 0.3 is 0 Å². The summed E-state index contributed by atoms with van der Waals surface area (Å²) in [7, 11) is 0. The van der Waals surface area contributed by atoms with Crippen LogP contribution in [-0.2, 0) is 0 Å². The molecule has 0 spiro atoms. The molecule has 0 aromatic carbocycles. The Hall–Kier alpha value is -0.810. The molecular weight excluding hydrogens is 232 g/mol. The standard InChI is InChI=1S/C10H11ClN2OS/c1-6-7(3-5-15-6)9(13-12)8-2-4-14-10(8)11/h2-5,9,13H,12H2,1H3. The lowest BCUT2D eigenvalue weighted by atomic mass is 10.0.